The second-order valence-corrected chi connectivity index (χ2v) is 4.88. The molecule has 12 heteroatoms. The number of carbonyl (C=O) groups is 2. The smallest absolute Gasteiger partial charge is 0.475 e. The summed E-state index contributed by atoms with van der Waals surface area (Å²) in [6.07, 6.45) is -7.64. The first-order valence-electron chi connectivity index (χ1n) is 5.76. The minimum absolute atomic E-state index is 0.525. The van der Waals surface area contributed by atoms with Gasteiger partial charge in [0.2, 0.25) is 0 Å². The molecule has 0 atom stereocenters. The molecule has 1 aliphatic heterocycles. The number of hydrogen-bond acceptors (Lipinski definition) is 4. The summed E-state index contributed by atoms with van der Waals surface area (Å²) in [6.45, 7) is 2.45. The van der Waals surface area contributed by atoms with Gasteiger partial charge in [0.15, 0.2) is 0 Å². The normalized spacial score (nSPS) is 19.6. The second-order valence-electron chi connectivity index (χ2n) is 4.88. The van der Waals surface area contributed by atoms with Crippen molar-refractivity contribution in [3.8, 4) is 0 Å². The fourth-order valence-corrected chi connectivity index (χ4v) is 1.82. The van der Waals surface area contributed by atoms with Crippen LogP contribution in [0.25, 0.3) is 0 Å². The van der Waals surface area contributed by atoms with Crippen LogP contribution >= 0.6 is 0 Å². The molecule has 0 aromatic heterocycles. The summed E-state index contributed by atoms with van der Waals surface area (Å²) in [7, 11) is 0. The molecule has 0 unspecified atom stereocenters. The number of carboxylic acids is 2. The predicted molar refractivity (Wildman–Crippen MR) is 59.9 cm³/mol. The van der Waals surface area contributed by atoms with E-state index in [0.717, 1.165) is 0 Å². The number of nitrogens with two attached hydrogens (primary N) is 1. The molecule has 2 rings (SSSR count). The zero-order valence-corrected chi connectivity index (χ0v) is 11.0. The molecule has 5 N–H and O–H groups in total. The Balaban J connectivity index is 0.000000303. The van der Waals surface area contributed by atoms with Crippen LogP contribution in [0.1, 0.15) is 12.8 Å². The zero-order valence-electron chi connectivity index (χ0n) is 11.0. The molecule has 1 heterocycles. The van der Waals surface area contributed by atoms with E-state index in [9.17, 15) is 26.3 Å². The summed E-state index contributed by atoms with van der Waals surface area (Å²) in [5, 5.41) is 17.5. The van der Waals surface area contributed by atoms with Crippen molar-refractivity contribution < 1.29 is 46.1 Å². The van der Waals surface area contributed by atoms with Gasteiger partial charge in [-0.3, -0.25) is 0 Å². The van der Waals surface area contributed by atoms with Gasteiger partial charge < -0.3 is 21.3 Å². The fourth-order valence-electron chi connectivity index (χ4n) is 1.82. The largest absolute Gasteiger partial charge is 0.490 e. The molecule has 0 aromatic carbocycles. The van der Waals surface area contributed by atoms with Crippen molar-refractivity contribution in [1.29, 1.82) is 0 Å². The van der Waals surface area contributed by atoms with Gasteiger partial charge in [0.05, 0.1) is 0 Å². The van der Waals surface area contributed by atoms with Crippen molar-refractivity contribution in [1.82, 2.24) is 5.32 Å². The Hall–Kier alpha value is -1.56. The van der Waals surface area contributed by atoms with Gasteiger partial charge in [-0.05, 0) is 18.3 Å². The van der Waals surface area contributed by atoms with E-state index < -0.39 is 24.3 Å². The lowest BCUT2D eigenvalue weighted by Crippen LogP contribution is -2.63. The van der Waals surface area contributed by atoms with E-state index in [2.05, 4.69) is 5.32 Å². The SMILES string of the molecule is NC1CC2(CNC2)C1.O=C(O)C(F)(F)F.O=C(O)C(F)(F)F. The molecule has 0 amide bonds. The predicted octanol–water partition coefficient (Wildman–Crippen LogP) is 0.964. The van der Waals surface area contributed by atoms with Gasteiger partial charge in [0, 0.05) is 19.1 Å². The van der Waals surface area contributed by atoms with Gasteiger partial charge in [-0.1, -0.05) is 0 Å². The standard InChI is InChI=1S/C6H12N2.2C2HF3O2/c7-5-1-6(2-5)3-8-4-6;2*3-2(4,5)1(6)7/h5,8H,1-4,7H2;2*(H,6,7). The lowest BCUT2D eigenvalue weighted by Gasteiger charge is -2.53. The van der Waals surface area contributed by atoms with E-state index in [4.69, 9.17) is 25.5 Å². The van der Waals surface area contributed by atoms with E-state index >= 15 is 0 Å². The molecule has 2 aliphatic rings. The van der Waals surface area contributed by atoms with Crippen LogP contribution < -0.4 is 11.1 Å². The molecule has 1 spiro atoms. The van der Waals surface area contributed by atoms with Crippen molar-refractivity contribution >= 4 is 11.9 Å². The third-order valence-electron chi connectivity index (χ3n) is 2.88. The van der Waals surface area contributed by atoms with Gasteiger partial charge in [0.1, 0.15) is 0 Å². The molecule has 22 heavy (non-hydrogen) atoms. The zero-order chi connectivity index (χ0) is 17.8. The van der Waals surface area contributed by atoms with E-state index in [1.54, 1.807) is 0 Å². The van der Waals surface area contributed by atoms with Crippen molar-refractivity contribution in [2.45, 2.75) is 31.2 Å². The number of carboxylic acid groups (broad SMARTS) is 2. The Bertz CT molecular complexity index is 373. The number of nitrogens with one attached hydrogen (secondary N) is 1. The highest BCUT2D eigenvalue weighted by atomic mass is 19.4. The van der Waals surface area contributed by atoms with Crippen LogP contribution in [0.15, 0.2) is 0 Å². The van der Waals surface area contributed by atoms with Crippen molar-refractivity contribution in [2.75, 3.05) is 13.1 Å². The van der Waals surface area contributed by atoms with Crippen molar-refractivity contribution in [2.24, 2.45) is 11.1 Å². The molecular weight excluding hydrogens is 326 g/mol. The lowest BCUT2D eigenvalue weighted by molar-refractivity contribution is -0.193. The monoisotopic (exact) mass is 340 g/mol. The summed E-state index contributed by atoms with van der Waals surface area (Å²) in [5.74, 6) is -5.51. The lowest BCUT2D eigenvalue weighted by atomic mass is 9.62. The Kier molecular flexibility index (Phi) is 6.63. The number of halogens is 6. The Morgan fingerprint density at radius 3 is 1.27 bits per heavy atom. The summed E-state index contributed by atoms with van der Waals surface area (Å²) < 4.78 is 63.5. The van der Waals surface area contributed by atoms with Crippen LogP contribution in [0.2, 0.25) is 0 Å². The van der Waals surface area contributed by atoms with Crippen LogP contribution in [0.5, 0.6) is 0 Å². The highest BCUT2D eigenvalue weighted by molar-refractivity contribution is 5.73. The molecule has 1 aliphatic carbocycles. The molecule has 0 radical (unpaired) electrons. The maximum Gasteiger partial charge on any atom is 0.490 e. The topological polar surface area (TPSA) is 113 Å². The minimum atomic E-state index is -5.08. The number of aliphatic carboxylic acids is 2. The average Bonchev–Trinajstić information content (AvgIpc) is 2.21. The summed E-state index contributed by atoms with van der Waals surface area (Å²) in [4.78, 5) is 17.8. The second kappa shape index (κ2) is 7.13. The molecular formula is C10H14F6N2O4. The quantitative estimate of drug-likeness (QED) is 0.489. The van der Waals surface area contributed by atoms with Crippen LogP contribution in [-0.4, -0.2) is 53.6 Å². The molecule has 130 valence electrons. The first-order chi connectivity index (χ1) is 9.69. The van der Waals surface area contributed by atoms with Crippen LogP contribution in [0.3, 0.4) is 0 Å². The Morgan fingerprint density at radius 2 is 1.23 bits per heavy atom. The highest BCUT2D eigenvalue weighted by Gasteiger charge is 2.46. The van der Waals surface area contributed by atoms with E-state index in [1.165, 1.54) is 25.9 Å². The number of alkyl halides is 6. The van der Waals surface area contributed by atoms with Gasteiger partial charge >= 0.3 is 24.3 Å². The fraction of sp³-hybridized carbons (Fsp3) is 0.800. The molecule has 1 saturated heterocycles. The molecule has 1 saturated carbocycles. The van der Waals surface area contributed by atoms with Crippen molar-refractivity contribution in [3.05, 3.63) is 0 Å². The minimum Gasteiger partial charge on any atom is -0.475 e. The van der Waals surface area contributed by atoms with Gasteiger partial charge in [-0.2, -0.15) is 26.3 Å². The van der Waals surface area contributed by atoms with Gasteiger partial charge in [-0.25, -0.2) is 9.59 Å². The summed E-state index contributed by atoms with van der Waals surface area (Å²) in [5.41, 5.74) is 6.32. The van der Waals surface area contributed by atoms with E-state index in [1.807, 2.05) is 0 Å². The van der Waals surface area contributed by atoms with Gasteiger partial charge in [0.25, 0.3) is 0 Å². The third kappa shape index (κ3) is 6.93. The maximum absolute atomic E-state index is 10.6. The first kappa shape index (κ1) is 20.4. The van der Waals surface area contributed by atoms with E-state index in [0.29, 0.717) is 11.5 Å². The van der Waals surface area contributed by atoms with Crippen LogP contribution in [-0.2, 0) is 9.59 Å². The molecule has 0 bridgehead atoms. The molecule has 0 aromatic rings. The third-order valence-corrected chi connectivity index (χ3v) is 2.88. The highest BCUT2D eigenvalue weighted by Crippen LogP contribution is 2.42. The van der Waals surface area contributed by atoms with Crippen molar-refractivity contribution in [3.63, 3.8) is 0 Å². The Labute approximate surface area is 120 Å². The number of rotatable bonds is 0. The number of hydrogen-bond donors (Lipinski definition) is 4. The maximum atomic E-state index is 10.6. The van der Waals surface area contributed by atoms with Crippen LogP contribution in [0.4, 0.5) is 26.3 Å². The van der Waals surface area contributed by atoms with Crippen LogP contribution in [0, 0.1) is 5.41 Å². The first-order valence-corrected chi connectivity index (χ1v) is 5.76. The average molecular weight is 340 g/mol. The summed E-state index contributed by atoms with van der Waals surface area (Å²) >= 11 is 0. The Morgan fingerprint density at radius 1 is 0.955 bits per heavy atom. The summed E-state index contributed by atoms with van der Waals surface area (Å²) in [6, 6.07) is 0.525. The van der Waals surface area contributed by atoms with E-state index in [-0.39, 0.29) is 0 Å². The molecule has 6 nitrogen and oxygen atoms in total. The molecule has 2 fully saturated rings. The van der Waals surface area contributed by atoms with Gasteiger partial charge in [-0.15, -0.1) is 0 Å².